The molecule has 0 aliphatic carbocycles. The third-order valence-corrected chi connectivity index (χ3v) is 5.49. The molecule has 32 heavy (non-hydrogen) atoms. The first kappa shape index (κ1) is 21.3. The molecule has 1 heterocycles. The van der Waals surface area contributed by atoms with E-state index in [0.717, 1.165) is 4.90 Å². The zero-order valence-corrected chi connectivity index (χ0v) is 17.6. The minimum Gasteiger partial charge on any atom is -0.508 e. The van der Waals surface area contributed by atoms with Crippen molar-refractivity contribution in [1.29, 1.82) is 0 Å². The van der Waals surface area contributed by atoms with Crippen molar-refractivity contribution in [2.24, 2.45) is 0 Å². The van der Waals surface area contributed by atoms with Gasteiger partial charge < -0.3 is 20.1 Å². The highest BCUT2D eigenvalue weighted by molar-refractivity contribution is 6.52. The van der Waals surface area contributed by atoms with E-state index >= 15 is 0 Å². The van der Waals surface area contributed by atoms with Gasteiger partial charge in [0.2, 0.25) is 0 Å². The predicted octanol–water partition coefficient (Wildman–Crippen LogP) is 4.39. The summed E-state index contributed by atoms with van der Waals surface area (Å²) >= 11 is 6.18. The van der Waals surface area contributed by atoms with Crippen molar-refractivity contribution < 1.29 is 29.6 Å². The fourth-order valence-electron chi connectivity index (χ4n) is 3.73. The average molecular weight is 452 g/mol. The average Bonchev–Trinajstić information content (AvgIpc) is 3.04. The van der Waals surface area contributed by atoms with Gasteiger partial charge in [0.25, 0.3) is 11.7 Å². The number of phenolic OH excluding ortho intramolecular Hbond substituents is 2. The van der Waals surface area contributed by atoms with Gasteiger partial charge in [-0.25, -0.2) is 0 Å². The smallest absolute Gasteiger partial charge is 0.300 e. The highest BCUT2D eigenvalue weighted by Gasteiger charge is 2.47. The fraction of sp³-hybridized carbons (Fsp3) is 0.0833. The SMILES string of the molecule is COc1ccc(/C(O)=C2/C(=O)C(=O)N(c3ccccc3O)C2c2cccc(O)c2)cc1Cl. The summed E-state index contributed by atoms with van der Waals surface area (Å²) in [5.41, 5.74) is 0.463. The summed E-state index contributed by atoms with van der Waals surface area (Å²) < 4.78 is 5.12. The molecule has 0 spiro atoms. The molecule has 1 atom stereocenters. The van der Waals surface area contributed by atoms with Crippen LogP contribution in [0.5, 0.6) is 17.2 Å². The molecule has 0 bridgehead atoms. The van der Waals surface area contributed by atoms with Gasteiger partial charge in [-0.05, 0) is 48.0 Å². The van der Waals surface area contributed by atoms with Crippen molar-refractivity contribution in [3.8, 4) is 17.2 Å². The van der Waals surface area contributed by atoms with E-state index < -0.39 is 23.5 Å². The molecule has 0 saturated carbocycles. The molecular weight excluding hydrogens is 434 g/mol. The number of phenols is 2. The maximum atomic E-state index is 13.1. The molecule has 0 aromatic heterocycles. The van der Waals surface area contributed by atoms with Gasteiger partial charge in [0.05, 0.1) is 29.4 Å². The zero-order chi connectivity index (χ0) is 23.0. The molecule has 3 N–H and O–H groups in total. The fourth-order valence-corrected chi connectivity index (χ4v) is 3.99. The summed E-state index contributed by atoms with van der Waals surface area (Å²) in [5, 5.41) is 31.7. The maximum Gasteiger partial charge on any atom is 0.300 e. The number of rotatable bonds is 4. The Labute approximate surface area is 188 Å². The Bertz CT molecular complexity index is 1270. The van der Waals surface area contributed by atoms with Gasteiger partial charge in [0.1, 0.15) is 23.0 Å². The summed E-state index contributed by atoms with van der Waals surface area (Å²) in [7, 11) is 1.44. The topological polar surface area (TPSA) is 107 Å². The summed E-state index contributed by atoms with van der Waals surface area (Å²) in [5.74, 6) is -2.24. The largest absolute Gasteiger partial charge is 0.508 e. The molecule has 1 amide bonds. The van der Waals surface area contributed by atoms with Crippen LogP contribution in [0.25, 0.3) is 5.76 Å². The van der Waals surface area contributed by atoms with Crippen LogP contribution in [0.4, 0.5) is 5.69 Å². The third kappa shape index (κ3) is 3.52. The molecule has 3 aromatic rings. The molecule has 1 unspecified atom stereocenters. The molecule has 8 heteroatoms. The number of para-hydroxylation sites is 2. The number of halogens is 1. The lowest BCUT2D eigenvalue weighted by Gasteiger charge is -2.26. The number of ether oxygens (including phenoxy) is 1. The lowest BCUT2D eigenvalue weighted by Crippen LogP contribution is -2.29. The second-order valence-corrected chi connectivity index (χ2v) is 7.51. The third-order valence-electron chi connectivity index (χ3n) is 5.20. The van der Waals surface area contributed by atoms with E-state index in [1.54, 1.807) is 24.3 Å². The molecule has 0 radical (unpaired) electrons. The number of carbonyl (C=O) groups excluding carboxylic acids is 2. The van der Waals surface area contributed by atoms with E-state index in [4.69, 9.17) is 16.3 Å². The highest BCUT2D eigenvalue weighted by Crippen LogP contribution is 2.45. The number of hydrogen-bond acceptors (Lipinski definition) is 6. The maximum absolute atomic E-state index is 13.1. The summed E-state index contributed by atoms with van der Waals surface area (Å²) in [6.45, 7) is 0. The van der Waals surface area contributed by atoms with E-state index in [1.807, 2.05) is 0 Å². The molecule has 162 valence electrons. The lowest BCUT2D eigenvalue weighted by atomic mass is 9.95. The van der Waals surface area contributed by atoms with E-state index in [-0.39, 0.29) is 33.3 Å². The summed E-state index contributed by atoms with van der Waals surface area (Å²) in [6.07, 6.45) is 0. The second-order valence-electron chi connectivity index (χ2n) is 7.10. The van der Waals surface area contributed by atoms with Crippen molar-refractivity contribution in [1.82, 2.24) is 0 Å². The van der Waals surface area contributed by atoms with Crippen LogP contribution in [-0.4, -0.2) is 34.1 Å². The molecule has 1 aliphatic rings. The number of Topliss-reactive ketones (excluding diaryl/α,β-unsaturated/α-hetero) is 1. The summed E-state index contributed by atoms with van der Waals surface area (Å²) in [4.78, 5) is 27.2. The lowest BCUT2D eigenvalue weighted by molar-refractivity contribution is -0.132. The number of carbonyl (C=O) groups is 2. The number of anilines is 1. The van der Waals surface area contributed by atoms with Crippen LogP contribution in [0.1, 0.15) is 17.2 Å². The van der Waals surface area contributed by atoms with Gasteiger partial charge in [-0.2, -0.15) is 0 Å². The van der Waals surface area contributed by atoms with E-state index in [9.17, 15) is 24.9 Å². The zero-order valence-electron chi connectivity index (χ0n) is 16.8. The summed E-state index contributed by atoms with van der Waals surface area (Å²) in [6, 6.07) is 15.4. The molecular formula is C24H18ClNO6. The molecule has 4 rings (SSSR count). The van der Waals surface area contributed by atoms with Crippen molar-refractivity contribution in [3.05, 3.63) is 88.5 Å². The first-order valence-electron chi connectivity index (χ1n) is 9.55. The van der Waals surface area contributed by atoms with E-state index in [1.165, 1.54) is 49.6 Å². The highest BCUT2D eigenvalue weighted by atomic mass is 35.5. The van der Waals surface area contributed by atoms with Crippen LogP contribution >= 0.6 is 11.6 Å². The Morgan fingerprint density at radius 2 is 1.75 bits per heavy atom. The van der Waals surface area contributed by atoms with E-state index in [0.29, 0.717) is 11.3 Å². The molecule has 1 aliphatic heterocycles. The quantitative estimate of drug-likeness (QED) is 0.308. The van der Waals surface area contributed by atoms with Gasteiger partial charge in [0, 0.05) is 5.56 Å². The number of nitrogens with zero attached hydrogens (tertiary/aromatic N) is 1. The van der Waals surface area contributed by atoms with E-state index in [2.05, 4.69) is 0 Å². The Hall–Kier alpha value is -3.97. The van der Waals surface area contributed by atoms with Gasteiger partial charge in [-0.1, -0.05) is 35.9 Å². The van der Waals surface area contributed by atoms with Crippen molar-refractivity contribution >= 4 is 34.7 Å². The Morgan fingerprint density at radius 1 is 1.00 bits per heavy atom. The minimum absolute atomic E-state index is 0.0853. The molecule has 1 fully saturated rings. The normalized spacial score (nSPS) is 17.6. The van der Waals surface area contributed by atoms with Crippen LogP contribution < -0.4 is 9.64 Å². The number of hydrogen-bond donors (Lipinski definition) is 3. The first-order chi connectivity index (χ1) is 15.3. The number of aliphatic hydroxyl groups is 1. The van der Waals surface area contributed by atoms with Gasteiger partial charge in [-0.15, -0.1) is 0 Å². The first-order valence-corrected chi connectivity index (χ1v) is 9.93. The van der Waals surface area contributed by atoms with Gasteiger partial charge >= 0.3 is 0 Å². The number of benzene rings is 3. The Balaban J connectivity index is 1.97. The Morgan fingerprint density at radius 3 is 2.41 bits per heavy atom. The predicted molar refractivity (Wildman–Crippen MR) is 119 cm³/mol. The standard InChI is InChI=1S/C24H18ClNO6/c1-32-19-10-9-14(12-16(19)25)22(29)20-21(13-5-4-6-15(27)11-13)26(24(31)23(20)30)17-7-2-3-8-18(17)28/h2-12,21,27-29H,1H3/b22-20-. The van der Waals surface area contributed by atoms with Crippen LogP contribution in [0.2, 0.25) is 5.02 Å². The van der Waals surface area contributed by atoms with Crippen molar-refractivity contribution in [3.63, 3.8) is 0 Å². The molecule has 7 nitrogen and oxygen atoms in total. The van der Waals surface area contributed by atoms with Crippen molar-refractivity contribution in [2.75, 3.05) is 12.0 Å². The molecule has 3 aromatic carbocycles. The minimum atomic E-state index is -1.10. The van der Waals surface area contributed by atoms with Gasteiger partial charge in [0.15, 0.2) is 0 Å². The van der Waals surface area contributed by atoms with Crippen LogP contribution in [0.15, 0.2) is 72.3 Å². The van der Waals surface area contributed by atoms with Crippen LogP contribution in [0.3, 0.4) is 0 Å². The second kappa shape index (κ2) is 8.28. The van der Waals surface area contributed by atoms with Crippen LogP contribution in [0, 0.1) is 0 Å². The number of aliphatic hydroxyl groups excluding tert-OH is 1. The van der Waals surface area contributed by atoms with Crippen molar-refractivity contribution in [2.45, 2.75) is 6.04 Å². The molecule has 1 saturated heterocycles. The number of aromatic hydroxyl groups is 2. The number of amides is 1. The Kier molecular flexibility index (Phi) is 5.50. The number of methoxy groups -OCH3 is 1. The number of ketones is 1. The van der Waals surface area contributed by atoms with Gasteiger partial charge in [-0.3, -0.25) is 14.5 Å². The van der Waals surface area contributed by atoms with Crippen LogP contribution in [-0.2, 0) is 9.59 Å². The monoisotopic (exact) mass is 451 g/mol.